The molecular weight excluding hydrogens is 1260 g/mol. The van der Waals surface area contributed by atoms with Crippen molar-refractivity contribution in [1.29, 1.82) is 0 Å². The maximum atomic E-state index is 11.5. The third kappa shape index (κ3) is 22.0. The molecule has 5 aliphatic rings. The van der Waals surface area contributed by atoms with Crippen molar-refractivity contribution in [1.82, 2.24) is 0 Å². The number of hydrogen-bond donors (Lipinski definition) is 28. The molecule has 4 bridgehead atoms. The predicted octanol–water partition coefficient (Wildman–Crippen LogP) is -6.98. The average Bonchev–Trinajstić information content (AvgIpc) is 1.44. The molecule has 5 rings (SSSR count). The minimum absolute atomic E-state index is 0.322. The summed E-state index contributed by atoms with van der Waals surface area (Å²) >= 11 is 1.45. The molecule has 0 saturated carbocycles. The Labute approximate surface area is 511 Å². The van der Waals surface area contributed by atoms with E-state index in [0.29, 0.717) is 11.8 Å². The van der Waals surface area contributed by atoms with Crippen molar-refractivity contribution in [2.75, 3.05) is 56.0 Å². The zero-order valence-corrected chi connectivity index (χ0v) is 48.3. The van der Waals surface area contributed by atoms with E-state index in [1.807, 2.05) is 0 Å². The van der Waals surface area contributed by atoms with Gasteiger partial charge in [-0.15, -0.1) is 0 Å². The summed E-state index contributed by atoms with van der Waals surface area (Å²) in [6.07, 6.45) is -51.1. The lowest BCUT2D eigenvalue weighted by Crippen LogP contribution is -2.61. The average molecular weight is 1340 g/mol. The lowest BCUT2D eigenvalue weighted by molar-refractivity contribution is -0.330. The number of nitrogens with two attached hydrogens (primary N) is 2. The van der Waals surface area contributed by atoms with Crippen LogP contribution in [0.5, 0.6) is 0 Å². The van der Waals surface area contributed by atoms with E-state index in [2.05, 4.69) is 0 Å². The summed E-state index contributed by atoms with van der Waals surface area (Å²) < 4.78 is 48.5. The first-order chi connectivity index (χ1) is 41.8. The van der Waals surface area contributed by atoms with Crippen molar-refractivity contribution >= 4 is 35.5 Å². The number of aliphatic hydroxyl groups excluding tert-OH is 24. The van der Waals surface area contributed by atoms with E-state index in [-0.39, 0.29) is 11.5 Å². The number of carboxylic acids is 2. The molecule has 2 saturated heterocycles. The minimum Gasteiger partial charge on any atom is -0.506 e. The molecular formula is C48H80N2O37S2. The van der Waals surface area contributed by atoms with Gasteiger partial charge in [0.05, 0.1) is 12.7 Å². The van der Waals surface area contributed by atoms with Crippen LogP contribution in [0.2, 0.25) is 0 Å². The van der Waals surface area contributed by atoms with Crippen LogP contribution in [-0.2, 0) is 52.2 Å². The lowest BCUT2D eigenvalue weighted by Gasteiger charge is -2.44. The maximum Gasteiger partial charge on any atom is 0.321 e. The number of carbonyl (C=O) groups is 2. The number of fused-ring (bicyclic) bond motifs is 2. The summed E-state index contributed by atoms with van der Waals surface area (Å²) in [5, 5.41) is 279. The van der Waals surface area contributed by atoms with Gasteiger partial charge in [0.2, 0.25) is 31.5 Å². The maximum absolute atomic E-state index is 11.5. The van der Waals surface area contributed by atoms with E-state index >= 15 is 0 Å². The quantitative estimate of drug-likeness (QED) is 0.0504. The first-order valence-corrected chi connectivity index (χ1v) is 28.9. The van der Waals surface area contributed by atoms with E-state index in [4.69, 9.17) is 54.1 Å². The lowest BCUT2D eigenvalue weighted by atomic mass is 9.98. The Morgan fingerprint density at radius 2 is 0.652 bits per heavy atom. The van der Waals surface area contributed by atoms with Crippen molar-refractivity contribution in [2.24, 2.45) is 11.5 Å². The van der Waals surface area contributed by atoms with E-state index in [9.17, 15) is 142 Å². The second-order valence-electron chi connectivity index (χ2n) is 19.5. The van der Waals surface area contributed by atoms with Crippen molar-refractivity contribution < 1.29 is 185 Å². The fraction of sp³-hybridized carbons (Fsp3) is 0.750. The molecule has 39 nitrogen and oxygen atoms in total. The van der Waals surface area contributed by atoms with Crippen LogP contribution in [0, 0.1) is 0 Å². The molecule has 2 fully saturated rings. The van der Waals surface area contributed by atoms with Gasteiger partial charge in [-0.1, -0.05) is 0 Å². The van der Waals surface area contributed by atoms with Gasteiger partial charge in [-0.3, -0.25) is 9.59 Å². The number of carboxylic acid groups (broad SMARTS) is 2. The Morgan fingerprint density at radius 3 is 0.966 bits per heavy atom. The molecule has 0 aromatic rings. The molecule has 5 heterocycles. The summed E-state index contributed by atoms with van der Waals surface area (Å²) in [5.74, 6) is -20.3. The zero-order valence-electron chi connectivity index (χ0n) is 46.7. The first kappa shape index (κ1) is 78.6. The number of hydrogen-bond acceptors (Lipinski definition) is 39. The van der Waals surface area contributed by atoms with Crippen LogP contribution in [-0.4, -0.2) is 336 Å². The third-order valence-electron chi connectivity index (χ3n) is 13.1. The SMILES string of the molecule is N[C@H](CSCC[C@H]1O[C@H](O)/C(O)=C(/O)[C@@H](CCO)O[C@H](O)/C(O)=C(/O)[C@@H](CCO)O[C@H]2OC(CSC[C@@H](N)C(=O)O)[C@@H](O[C@@H](O)/C(O)=C(/O)[C@@H](CCO)O[C@H]3OC(CO)[C@@H](O[C@@H](O)/C(O)=C(/O)[C@@H](CCO)O[C@H](O)/C(O)=C\1O)C(O)C3O)[C@H](O)C2O)C(=O)O. The van der Waals surface area contributed by atoms with E-state index in [1.54, 1.807) is 0 Å². The Balaban J connectivity index is 2.29. The van der Waals surface area contributed by atoms with Crippen molar-refractivity contribution in [3.05, 3.63) is 57.6 Å². The minimum atomic E-state index is -2.89. The van der Waals surface area contributed by atoms with Crippen LogP contribution in [0.3, 0.4) is 0 Å². The molecule has 0 amide bonds. The molecule has 0 spiro atoms. The number of aliphatic hydroxyl groups is 24. The molecule has 0 aromatic carbocycles. The molecule has 0 radical (unpaired) electrons. The summed E-state index contributed by atoms with van der Waals surface area (Å²) in [4.78, 5) is 22.8. The van der Waals surface area contributed by atoms with Crippen molar-refractivity contribution in [2.45, 2.75) is 168 Å². The highest BCUT2D eigenvalue weighted by Crippen LogP contribution is 2.34. The second kappa shape index (κ2) is 37.8. The molecule has 22 atom stereocenters. The van der Waals surface area contributed by atoms with Crippen molar-refractivity contribution in [3.63, 3.8) is 0 Å². The van der Waals surface area contributed by atoms with Gasteiger partial charge < -0.3 is 187 Å². The summed E-state index contributed by atoms with van der Waals surface area (Å²) in [7, 11) is 0. The highest BCUT2D eigenvalue weighted by molar-refractivity contribution is 7.99. The van der Waals surface area contributed by atoms with E-state index in [0.717, 1.165) is 11.8 Å². The fourth-order valence-electron chi connectivity index (χ4n) is 8.19. The van der Waals surface area contributed by atoms with E-state index in [1.165, 1.54) is 0 Å². The second-order valence-corrected chi connectivity index (χ2v) is 21.7. The number of rotatable bonds is 20. The van der Waals surface area contributed by atoms with Crippen LogP contribution in [0.4, 0.5) is 0 Å². The van der Waals surface area contributed by atoms with Gasteiger partial charge in [-0.2, -0.15) is 23.5 Å². The number of aliphatic carboxylic acids is 2. The van der Waals surface area contributed by atoms with Crippen LogP contribution in [0.25, 0.3) is 0 Å². The Bertz CT molecular complexity index is 2370. The van der Waals surface area contributed by atoms with Gasteiger partial charge in [0.15, 0.2) is 70.2 Å². The first-order valence-electron chi connectivity index (χ1n) is 26.6. The largest absolute Gasteiger partial charge is 0.506 e. The van der Waals surface area contributed by atoms with Crippen molar-refractivity contribution in [3.8, 4) is 0 Å². The third-order valence-corrected chi connectivity index (χ3v) is 15.4. The van der Waals surface area contributed by atoms with Crippen LogP contribution >= 0.6 is 23.5 Å². The van der Waals surface area contributed by atoms with Gasteiger partial charge >= 0.3 is 11.9 Å². The summed E-state index contributed by atoms with van der Waals surface area (Å²) in [6.45, 7) is -5.13. The molecule has 5 aliphatic heterocycles. The Hall–Kier alpha value is -4.66. The summed E-state index contributed by atoms with van der Waals surface area (Å²) in [5.41, 5.74) is 11.1. The molecule has 89 heavy (non-hydrogen) atoms. The highest BCUT2D eigenvalue weighted by atomic mass is 32.2. The smallest absolute Gasteiger partial charge is 0.321 e. The monoisotopic (exact) mass is 1340 g/mol. The van der Waals surface area contributed by atoms with Crippen LogP contribution in [0.15, 0.2) is 57.6 Å². The predicted molar refractivity (Wildman–Crippen MR) is 291 cm³/mol. The Morgan fingerprint density at radius 1 is 0.371 bits per heavy atom. The fourth-order valence-corrected chi connectivity index (χ4v) is 10.2. The van der Waals surface area contributed by atoms with Crippen LogP contribution in [0.1, 0.15) is 32.1 Å². The van der Waals surface area contributed by atoms with Crippen LogP contribution < -0.4 is 11.5 Å². The molecule has 0 aliphatic carbocycles. The molecule has 30 N–H and O–H groups in total. The Kier molecular flexibility index (Phi) is 33.3. The van der Waals surface area contributed by atoms with E-state index < -0.39 is 282 Å². The molecule has 516 valence electrons. The molecule has 41 heteroatoms. The highest BCUT2D eigenvalue weighted by Gasteiger charge is 2.51. The zero-order chi connectivity index (χ0) is 67.3. The van der Waals surface area contributed by atoms with Gasteiger partial charge in [-0.25, -0.2) is 0 Å². The standard InChI is InChI=1S/C48H80N2O37S2/c49-15(40(70)71)12-88-10-5-21-28(60)33(65)43(75)80-18(2-7-52)25(57)34(66)45(77)86-38-22(11-55)84-47(36(68)29(38)61)82-20(4-9-54)27(59)35(67)46(78)87-39-23(14-89-13-16(50)41(72)73)85-48(37(69)30(39)62)83-19(3-8-53)26(58)32(64)42(74)79-17(1-6-51)24(56)31(63)44(76)81-21/h15-23,29-30,36-39,42-48,51-69,74-78H,1-14,49-50H2,(H,70,71)(H,72,73)/b31-24-,32-26-,33-28-,34-25-,35-27-/t15-,16-,17-,18-,19-,20-,21-,22?,23?,29?,30-,36?,37?,38-,39-,42+,43+,44+,45-,46-,47+,48+/m1/s1. The van der Waals surface area contributed by atoms with Gasteiger partial charge in [-0.05, 0) is 12.2 Å². The summed E-state index contributed by atoms with van der Waals surface area (Å²) in [6, 6.07) is -3.01. The number of thioether (sulfide) groups is 2. The normalized spacial score (nSPS) is 39.4. The number of ether oxygens (including phenoxy) is 9. The molecule has 5 unspecified atom stereocenters. The topological polar surface area (TPSA) is 695 Å². The van der Waals surface area contributed by atoms with Gasteiger partial charge in [0.1, 0.15) is 85.3 Å². The van der Waals surface area contributed by atoms with Gasteiger partial charge in [0.25, 0.3) is 0 Å². The van der Waals surface area contributed by atoms with Gasteiger partial charge in [0, 0.05) is 69.4 Å². The molecule has 0 aromatic heterocycles.